The molecule has 2 N–H and O–H groups in total. The number of hydrogen-bond donors (Lipinski definition) is 2. The molecule has 0 saturated carbocycles. The maximum atomic E-state index is 14.0. The van der Waals surface area contributed by atoms with Crippen LogP contribution >= 0.6 is 11.3 Å². The van der Waals surface area contributed by atoms with Crippen LogP contribution in [-0.2, 0) is 0 Å². The molecule has 0 fully saturated rings. The third kappa shape index (κ3) is 3.39. The lowest BCUT2D eigenvalue weighted by atomic mass is 10.0. The second-order valence-electron chi connectivity index (χ2n) is 5.00. The molecule has 112 valence electrons. The van der Waals surface area contributed by atoms with E-state index in [0.717, 1.165) is 17.0 Å². The monoisotopic (exact) mass is 311 g/mol. The number of anilines is 1. The maximum Gasteiger partial charge on any atom is 0.335 e. The lowest BCUT2D eigenvalue weighted by molar-refractivity contribution is 0.0696. The van der Waals surface area contributed by atoms with Crippen LogP contribution in [0, 0.1) is 17.6 Å². The van der Waals surface area contributed by atoms with Crippen molar-refractivity contribution in [2.24, 2.45) is 5.92 Å². The lowest BCUT2D eigenvalue weighted by Gasteiger charge is -2.23. The average Bonchev–Trinajstić information content (AvgIpc) is 2.90. The van der Waals surface area contributed by atoms with Crippen molar-refractivity contribution in [3.8, 4) is 0 Å². The van der Waals surface area contributed by atoms with Gasteiger partial charge in [0.05, 0.1) is 11.6 Å². The van der Waals surface area contributed by atoms with Crippen molar-refractivity contribution < 1.29 is 18.7 Å². The smallest absolute Gasteiger partial charge is 0.335 e. The molecule has 0 aliphatic rings. The molecule has 21 heavy (non-hydrogen) atoms. The summed E-state index contributed by atoms with van der Waals surface area (Å²) in [5.41, 5.74) is -0.708. The number of aromatic carboxylic acids is 1. The normalized spacial score (nSPS) is 12.4. The number of carboxylic acids is 1. The zero-order chi connectivity index (χ0) is 15.6. The van der Waals surface area contributed by atoms with Gasteiger partial charge in [-0.3, -0.25) is 0 Å². The van der Waals surface area contributed by atoms with Crippen LogP contribution in [0.15, 0.2) is 29.6 Å². The molecule has 0 amide bonds. The minimum absolute atomic E-state index is 0.113. The van der Waals surface area contributed by atoms with Gasteiger partial charge < -0.3 is 10.4 Å². The Bertz CT molecular complexity index is 618. The first-order chi connectivity index (χ1) is 9.90. The minimum Gasteiger partial charge on any atom is -0.478 e. The highest BCUT2D eigenvalue weighted by molar-refractivity contribution is 7.10. The predicted molar refractivity (Wildman–Crippen MR) is 78.8 cm³/mol. The highest BCUT2D eigenvalue weighted by Gasteiger charge is 2.21. The molecule has 1 heterocycles. The molecule has 3 nitrogen and oxygen atoms in total. The van der Waals surface area contributed by atoms with Crippen LogP contribution < -0.4 is 5.32 Å². The van der Waals surface area contributed by atoms with Crippen molar-refractivity contribution in [3.63, 3.8) is 0 Å². The van der Waals surface area contributed by atoms with Crippen LogP contribution in [0.25, 0.3) is 0 Å². The summed E-state index contributed by atoms with van der Waals surface area (Å²) in [7, 11) is 0. The Labute approximate surface area is 125 Å². The van der Waals surface area contributed by atoms with Crippen LogP contribution in [-0.4, -0.2) is 11.1 Å². The van der Waals surface area contributed by atoms with E-state index in [9.17, 15) is 13.6 Å². The fourth-order valence-electron chi connectivity index (χ4n) is 2.02. The number of carboxylic acid groups (broad SMARTS) is 1. The van der Waals surface area contributed by atoms with Gasteiger partial charge in [0, 0.05) is 4.88 Å². The van der Waals surface area contributed by atoms with Gasteiger partial charge in [0.1, 0.15) is 17.3 Å². The molecule has 1 atom stereocenters. The first-order valence-corrected chi connectivity index (χ1v) is 7.30. The standard InChI is InChI=1S/C15H15F2NO2S/c1-8(2)13(12-4-3-5-21-12)18-14-10(16)6-9(15(19)20)7-11(14)17/h3-8,13,18H,1-2H3,(H,19,20). The van der Waals surface area contributed by atoms with Crippen LogP contribution in [0.1, 0.15) is 35.1 Å². The summed E-state index contributed by atoms with van der Waals surface area (Å²) in [5.74, 6) is -3.07. The van der Waals surface area contributed by atoms with E-state index in [1.54, 1.807) is 0 Å². The molecular formula is C15H15F2NO2S. The van der Waals surface area contributed by atoms with Gasteiger partial charge in [0.25, 0.3) is 0 Å². The molecule has 2 aromatic rings. The number of hydrogen-bond acceptors (Lipinski definition) is 3. The van der Waals surface area contributed by atoms with Gasteiger partial charge in [-0.05, 0) is 29.5 Å². The van der Waals surface area contributed by atoms with E-state index in [4.69, 9.17) is 5.11 Å². The topological polar surface area (TPSA) is 49.3 Å². The molecule has 1 aromatic carbocycles. The number of halogens is 2. The Morgan fingerprint density at radius 3 is 2.33 bits per heavy atom. The van der Waals surface area contributed by atoms with Gasteiger partial charge in [-0.15, -0.1) is 11.3 Å². The van der Waals surface area contributed by atoms with Gasteiger partial charge >= 0.3 is 5.97 Å². The third-order valence-corrected chi connectivity index (χ3v) is 4.06. The number of rotatable bonds is 5. The maximum absolute atomic E-state index is 14.0. The Balaban J connectivity index is 2.36. The van der Waals surface area contributed by atoms with Crippen LogP contribution in [0.2, 0.25) is 0 Å². The molecule has 0 radical (unpaired) electrons. The van der Waals surface area contributed by atoms with Gasteiger partial charge in [-0.1, -0.05) is 19.9 Å². The first kappa shape index (κ1) is 15.4. The number of carbonyl (C=O) groups is 1. The zero-order valence-corrected chi connectivity index (χ0v) is 12.4. The van der Waals surface area contributed by atoms with Crippen molar-refractivity contribution in [3.05, 3.63) is 51.7 Å². The molecule has 6 heteroatoms. The molecule has 0 bridgehead atoms. The van der Waals surface area contributed by atoms with Crippen LogP contribution in [0.5, 0.6) is 0 Å². The predicted octanol–water partition coefficient (Wildman–Crippen LogP) is 4.53. The van der Waals surface area contributed by atoms with Crippen molar-refractivity contribution >= 4 is 23.0 Å². The Morgan fingerprint density at radius 1 is 1.29 bits per heavy atom. The highest BCUT2D eigenvalue weighted by atomic mass is 32.1. The molecule has 0 aliphatic heterocycles. The SMILES string of the molecule is CC(C)C(Nc1c(F)cc(C(=O)O)cc1F)c1cccs1. The van der Waals surface area contributed by atoms with Gasteiger partial charge in [-0.25, -0.2) is 13.6 Å². The quantitative estimate of drug-likeness (QED) is 0.852. The van der Waals surface area contributed by atoms with Crippen molar-refractivity contribution in [1.82, 2.24) is 0 Å². The van der Waals surface area contributed by atoms with Gasteiger partial charge in [-0.2, -0.15) is 0 Å². The third-order valence-electron chi connectivity index (χ3n) is 3.11. The van der Waals surface area contributed by atoms with Crippen molar-refractivity contribution in [2.75, 3.05) is 5.32 Å². The Morgan fingerprint density at radius 2 is 1.90 bits per heavy atom. The summed E-state index contributed by atoms with van der Waals surface area (Å²) in [6, 6.07) is 5.16. The molecule has 0 spiro atoms. The van der Waals surface area contributed by atoms with Gasteiger partial charge in [0.2, 0.25) is 0 Å². The summed E-state index contributed by atoms with van der Waals surface area (Å²) in [6.07, 6.45) is 0. The highest BCUT2D eigenvalue weighted by Crippen LogP contribution is 2.32. The number of thiophene rings is 1. The second kappa shape index (κ2) is 6.22. The zero-order valence-electron chi connectivity index (χ0n) is 11.6. The van der Waals surface area contributed by atoms with E-state index >= 15 is 0 Å². The van der Waals surface area contributed by atoms with E-state index in [2.05, 4.69) is 5.32 Å². The second-order valence-corrected chi connectivity index (χ2v) is 5.98. The van der Waals surface area contributed by atoms with E-state index in [1.807, 2.05) is 31.4 Å². The minimum atomic E-state index is -1.36. The summed E-state index contributed by atoms with van der Waals surface area (Å²) < 4.78 is 27.9. The average molecular weight is 311 g/mol. The van der Waals surface area contributed by atoms with E-state index in [1.165, 1.54) is 11.3 Å². The van der Waals surface area contributed by atoms with Crippen molar-refractivity contribution in [2.45, 2.75) is 19.9 Å². The molecule has 2 rings (SSSR count). The van der Waals surface area contributed by atoms with E-state index in [0.29, 0.717) is 0 Å². The fraction of sp³-hybridized carbons (Fsp3) is 0.267. The fourth-order valence-corrected chi connectivity index (χ4v) is 2.97. The molecule has 0 aliphatic carbocycles. The van der Waals surface area contributed by atoms with Crippen LogP contribution in [0.4, 0.5) is 14.5 Å². The Kier molecular flexibility index (Phi) is 4.57. The first-order valence-electron chi connectivity index (χ1n) is 6.42. The summed E-state index contributed by atoms with van der Waals surface area (Å²) in [4.78, 5) is 11.7. The number of benzene rings is 1. The summed E-state index contributed by atoms with van der Waals surface area (Å²) >= 11 is 1.50. The van der Waals surface area contributed by atoms with E-state index < -0.39 is 23.2 Å². The number of nitrogens with one attached hydrogen (secondary N) is 1. The molecule has 1 unspecified atom stereocenters. The van der Waals surface area contributed by atoms with Crippen molar-refractivity contribution in [1.29, 1.82) is 0 Å². The Hall–Kier alpha value is -1.95. The van der Waals surface area contributed by atoms with E-state index in [-0.39, 0.29) is 17.6 Å². The lowest BCUT2D eigenvalue weighted by Crippen LogP contribution is -2.17. The summed E-state index contributed by atoms with van der Waals surface area (Å²) in [5, 5.41) is 13.5. The molecular weight excluding hydrogens is 296 g/mol. The van der Waals surface area contributed by atoms with Gasteiger partial charge in [0.15, 0.2) is 0 Å². The largest absolute Gasteiger partial charge is 0.478 e. The van der Waals surface area contributed by atoms with Crippen LogP contribution in [0.3, 0.4) is 0 Å². The summed E-state index contributed by atoms with van der Waals surface area (Å²) in [6.45, 7) is 3.89. The molecule has 1 aromatic heterocycles. The molecule has 0 saturated heterocycles.